The molecule has 0 bridgehead atoms. The van der Waals surface area contributed by atoms with E-state index in [2.05, 4.69) is 21.1 Å². The molecule has 12 heavy (non-hydrogen) atoms. The van der Waals surface area contributed by atoms with Crippen molar-refractivity contribution in [2.75, 3.05) is 0 Å². The summed E-state index contributed by atoms with van der Waals surface area (Å²) in [6, 6.07) is 7.26. The molecule has 0 aliphatic rings. The molecule has 2 rings (SSSR count). The SMILES string of the molecule is Clc1cccc(-c2[c]non2)c1. The van der Waals surface area contributed by atoms with Crippen LogP contribution in [-0.2, 0) is 0 Å². The van der Waals surface area contributed by atoms with E-state index in [1.165, 1.54) is 0 Å². The first kappa shape index (κ1) is 7.31. The lowest BCUT2D eigenvalue weighted by atomic mass is 10.2. The maximum atomic E-state index is 5.77. The summed E-state index contributed by atoms with van der Waals surface area (Å²) in [4.78, 5) is 0. The minimum Gasteiger partial charge on any atom is -0.243 e. The first-order valence-electron chi connectivity index (χ1n) is 3.32. The average molecular weight is 180 g/mol. The lowest BCUT2D eigenvalue weighted by Crippen LogP contribution is -1.75. The Balaban J connectivity index is 2.48. The highest BCUT2D eigenvalue weighted by Crippen LogP contribution is 2.19. The standard InChI is InChI=1S/C8H4ClN2O/c9-7-3-1-2-6(4-7)8-5-10-12-11-8/h1-4H. The molecule has 0 spiro atoms. The van der Waals surface area contributed by atoms with Crippen molar-refractivity contribution >= 4 is 11.6 Å². The van der Waals surface area contributed by atoms with Crippen LogP contribution in [0.5, 0.6) is 0 Å². The first-order chi connectivity index (χ1) is 5.86. The van der Waals surface area contributed by atoms with E-state index in [-0.39, 0.29) is 0 Å². The first-order valence-corrected chi connectivity index (χ1v) is 3.70. The van der Waals surface area contributed by atoms with Gasteiger partial charge in [-0.1, -0.05) is 23.7 Å². The normalized spacial score (nSPS) is 10.1. The van der Waals surface area contributed by atoms with Crippen LogP contribution in [0, 0.1) is 6.20 Å². The third-order valence-electron chi connectivity index (χ3n) is 1.42. The lowest BCUT2D eigenvalue weighted by Gasteiger charge is -1.93. The third-order valence-corrected chi connectivity index (χ3v) is 1.66. The average Bonchev–Trinajstić information content (AvgIpc) is 2.56. The molecule has 0 atom stereocenters. The number of nitrogens with zero attached hydrogens (tertiary/aromatic N) is 2. The zero-order chi connectivity index (χ0) is 8.39. The van der Waals surface area contributed by atoms with Gasteiger partial charge in [-0.2, -0.15) is 0 Å². The van der Waals surface area contributed by atoms with Gasteiger partial charge >= 0.3 is 0 Å². The maximum Gasteiger partial charge on any atom is 0.167 e. The van der Waals surface area contributed by atoms with Gasteiger partial charge in [-0.15, -0.1) is 0 Å². The van der Waals surface area contributed by atoms with Gasteiger partial charge in [-0.3, -0.25) is 0 Å². The Labute approximate surface area is 73.9 Å². The summed E-state index contributed by atoms with van der Waals surface area (Å²) in [5.74, 6) is 0. The molecule has 0 aliphatic carbocycles. The van der Waals surface area contributed by atoms with Crippen LogP contribution in [0.15, 0.2) is 28.9 Å². The summed E-state index contributed by atoms with van der Waals surface area (Å²) in [5.41, 5.74) is 1.42. The molecule has 4 heteroatoms. The van der Waals surface area contributed by atoms with Gasteiger partial charge in [0, 0.05) is 10.6 Å². The van der Waals surface area contributed by atoms with E-state index in [1.54, 1.807) is 12.1 Å². The van der Waals surface area contributed by atoms with Crippen LogP contribution < -0.4 is 0 Å². The van der Waals surface area contributed by atoms with Crippen molar-refractivity contribution in [1.82, 2.24) is 10.3 Å². The molecular formula is C8H4ClN2O. The fourth-order valence-electron chi connectivity index (χ4n) is 0.898. The number of hydrogen-bond donors (Lipinski definition) is 0. The van der Waals surface area contributed by atoms with Gasteiger partial charge in [0.15, 0.2) is 6.20 Å². The summed E-state index contributed by atoms with van der Waals surface area (Å²) in [6.07, 6.45) is 2.59. The molecule has 1 radical (unpaired) electrons. The largest absolute Gasteiger partial charge is 0.243 e. The van der Waals surface area contributed by atoms with E-state index in [4.69, 9.17) is 11.6 Å². The highest BCUT2D eigenvalue weighted by molar-refractivity contribution is 6.30. The van der Waals surface area contributed by atoms with Gasteiger partial charge in [-0.25, -0.2) is 4.63 Å². The number of hydrogen-bond acceptors (Lipinski definition) is 3. The smallest absolute Gasteiger partial charge is 0.167 e. The van der Waals surface area contributed by atoms with Crippen LogP contribution in [-0.4, -0.2) is 10.3 Å². The quantitative estimate of drug-likeness (QED) is 0.674. The fourth-order valence-corrected chi connectivity index (χ4v) is 1.09. The van der Waals surface area contributed by atoms with Crippen molar-refractivity contribution in [3.8, 4) is 11.3 Å². The third kappa shape index (κ3) is 1.31. The number of halogens is 1. The van der Waals surface area contributed by atoms with Gasteiger partial charge in [-0.05, 0) is 22.4 Å². The van der Waals surface area contributed by atoms with Gasteiger partial charge in [0.1, 0.15) is 5.69 Å². The second-order valence-electron chi connectivity index (χ2n) is 2.23. The van der Waals surface area contributed by atoms with Gasteiger partial charge in [0.25, 0.3) is 0 Å². The molecule has 0 saturated carbocycles. The van der Waals surface area contributed by atoms with Crippen molar-refractivity contribution in [2.24, 2.45) is 0 Å². The number of benzene rings is 1. The zero-order valence-electron chi connectivity index (χ0n) is 5.99. The van der Waals surface area contributed by atoms with Crippen molar-refractivity contribution in [1.29, 1.82) is 0 Å². The van der Waals surface area contributed by atoms with Gasteiger partial charge in [0.2, 0.25) is 0 Å². The molecule has 59 valence electrons. The Morgan fingerprint density at radius 2 is 2.33 bits per heavy atom. The van der Waals surface area contributed by atoms with E-state index in [1.807, 2.05) is 12.1 Å². The van der Waals surface area contributed by atoms with Crippen LogP contribution >= 0.6 is 11.6 Å². The Morgan fingerprint density at radius 1 is 1.42 bits per heavy atom. The molecule has 0 aliphatic heterocycles. The van der Waals surface area contributed by atoms with E-state index >= 15 is 0 Å². The molecule has 3 nitrogen and oxygen atoms in total. The van der Waals surface area contributed by atoms with Crippen molar-refractivity contribution in [3.63, 3.8) is 0 Å². The van der Waals surface area contributed by atoms with E-state index in [0.717, 1.165) is 5.56 Å². The second kappa shape index (κ2) is 2.95. The van der Waals surface area contributed by atoms with Crippen LogP contribution in [0.1, 0.15) is 0 Å². The fraction of sp³-hybridized carbons (Fsp3) is 0. The Hall–Kier alpha value is -1.35. The Bertz CT molecular complexity index is 372. The summed E-state index contributed by atoms with van der Waals surface area (Å²) >= 11 is 5.77. The van der Waals surface area contributed by atoms with Gasteiger partial charge in [0.05, 0.1) is 0 Å². The predicted molar refractivity (Wildman–Crippen MR) is 43.6 cm³/mol. The molecule has 1 aromatic carbocycles. The molecule has 0 N–H and O–H groups in total. The molecule has 2 aromatic rings. The minimum atomic E-state index is 0.567. The number of rotatable bonds is 1. The minimum absolute atomic E-state index is 0.567. The molecule has 1 heterocycles. The van der Waals surface area contributed by atoms with Gasteiger partial charge < -0.3 is 0 Å². The monoisotopic (exact) mass is 179 g/mol. The molecular weight excluding hydrogens is 176 g/mol. The highest BCUT2D eigenvalue weighted by atomic mass is 35.5. The van der Waals surface area contributed by atoms with Crippen LogP contribution in [0.3, 0.4) is 0 Å². The summed E-state index contributed by atoms with van der Waals surface area (Å²) in [6.45, 7) is 0. The van der Waals surface area contributed by atoms with Crippen molar-refractivity contribution in [3.05, 3.63) is 35.5 Å². The van der Waals surface area contributed by atoms with Crippen LogP contribution in [0.2, 0.25) is 5.02 Å². The number of aromatic nitrogens is 2. The van der Waals surface area contributed by atoms with Crippen LogP contribution in [0.25, 0.3) is 11.3 Å². The topological polar surface area (TPSA) is 38.9 Å². The van der Waals surface area contributed by atoms with E-state index in [0.29, 0.717) is 10.7 Å². The molecule has 1 aromatic heterocycles. The molecule has 0 fully saturated rings. The Kier molecular flexibility index (Phi) is 1.80. The highest BCUT2D eigenvalue weighted by Gasteiger charge is 2.01. The van der Waals surface area contributed by atoms with E-state index in [9.17, 15) is 0 Å². The molecule has 0 unspecified atom stereocenters. The Morgan fingerprint density at radius 3 is 3.00 bits per heavy atom. The lowest BCUT2D eigenvalue weighted by molar-refractivity contribution is 0.307. The van der Waals surface area contributed by atoms with Crippen molar-refractivity contribution in [2.45, 2.75) is 0 Å². The maximum absolute atomic E-state index is 5.77. The zero-order valence-corrected chi connectivity index (χ0v) is 6.75. The summed E-state index contributed by atoms with van der Waals surface area (Å²) in [5, 5.41) is 7.66. The predicted octanol–water partition coefficient (Wildman–Crippen LogP) is 2.19. The van der Waals surface area contributed by atoms with Crippen molar-refractivity contribution < 1.29 is 4.63 Å². The van der Waals surface area contributed by atoms with E-state index < -0.39 is 0 Å². The summed E-state index contributed by atoms with van der Waals surface area (Å²) < 4.78 is 4.41. The second-order valence-corrected chi connectivity index (χ2v) is 2.67. The summed E-state index contributed by atoms with van der Waals surface area (Å²) in [7, 11) is 0. The molecule has 0 saturated heterocycles. The molecule has 0 amide bonds. The van der Waals surface area contributed by atoms with Crippen LogP contribution in [0.4, 0.5) is 0 Å².